The average molecular weight is 748 g/mol. The van der Waals surface area contributed by atoms with Crippen LogP contribution in [0.5, 0.6) is 0 Å². The van der Waals surface area contributed by atoms with Gasteiger partial charge in [0.05, 0.1) is 22.2 Å². The van der Waals surface area contributed by atoms with Gasteiger partial charge in [-0.15, -0.1) is 11.3 Å². The summed E-state index contributed by atoms with van der Waals surface area (Å²) in [6.07, 6.45) is 5.38. The number of thiazole rings is 1. The van der Waals surface area contributed by atoms with Crippen molar-refractivity contribution in [3.05, 3.63) is 93.4 Å². The number of benzene rings is 3. The minimum Gasteiger partial charge on any atom is -0.335 e. The van der Waals surface area contributed by atoms with Crippen LogP contribution in [0.15, 0.2) is 88.3 Å². The van der Waals surface area contributed by atoms with Crippen LogP contribution in [-0.2, 0) is 26.8 Å². The minimum absolute atomic E-state index is 0.236. The fraction of sp³-hybridized carbons (Fsp3) is 0.242. The summed E-state index contributed by atoms with van der Waals surface area (Å²) >= 11 is 11.2. The molecule has 0 radical (unpaired) electrons. The number of nitrogens with zero attached hydrogens (tertiary/aromatic N) is 2. The number of allylic oxidation sites excluding steroid dienone is 2. The van der Waals surface area contributed by atoms with Crippen molar-refractivity contribution in [2.45, 2.75) is 37.6 Å². The Kier molecular flexibility index (Phi) is 10.2. The largest absolute Gasteiger partial charge is 0.335 e. The van der Waals surface area contributed by atoms with E-state index in [9.17, 15) is 25.9 Å². The van der Waals surface area contributed by atoms with E-state index >= 15 is 0 Å². The second-order valence-corrected chi connectivity index (χ2v) is 17.9. The van der Waals surface area contributed by atoms with Crippen LogP contribution in [0.4, 0.5) is 5.69 Å². The zero-order valence-corrected chi connectivity index (χ0v) is 30.1. The molecule has 0 unspecified atom stereocenters. The third-order valence-electron chi connectivity index (χ3n) is 7.73. The lowest BCUT2D eigenvalue weighted by atomic mass is 10.1. The van der Waals surface area contributed by atoms with Gasteiger partial charge in [0.1, 0.15) is 4.70 Å². The van der Waals surface area contributed by atoms with E-state index in [-0.39, 0.29) is 24.3 Å². The topological polar surface area (TPSA) is 116 Å². The lowest BCUT2D eigenvalue weighted by molar-refractivity contribution is -0.668. The Morgan fingerprint density at radius 2 is 1.68 bits per heavy atom. The highest BCUT2D eigenvalue weighted by Crippen LogP contribution is 2.47. The first-order chi connectivity index (χ1) is 22.4. The van der Waals surface area contributed by atoms with Crippen LogP contribution in [0.1, 0.15) is 31.2 Å². The van der Waals surface area contributed by atoms with E-state index in [2.05, 4.69) is 60.0 Å². The van der Waals surface area contributed by atoms with Gasteiger partial charge < -0.3 is 4.90 Å². The number of hydrogen-bond acceptors (Lipinski definition) is 8. The van der Waals surface area contributed by atoms with E-state index < -0.39 is 20.2 Å². The number of aromatic nitrogens is 1. The van der Waals surface area contributed by atoms with Crippen molar-refractivity contribution in [1.82, 2.24) is 0 Å². The lowest BCUT2D eigenvalue weighted by Crippen LogP contribution is -2.36. The summed E-state index contributed by atoms with van der Waals surface area (Å²) in [4.78, 5) is 4.17. The Bertz CT molecular complexity index is 2220. The first kappa shape index (κ1) is 34.1. The zero-order valence-electron chi connectivity index (χ0n) is 25.3. The van der Waals surface area contributed by atoms with Crippen LogP contribution in [0, 0.1) is 0 Å². The number of thioether (sulfide) groups is 1. The van der Waals surface area contributed by atoms with E-state index in [1.165, 1.54) is 10.1 Å². The van der Waals surface area contributed by atoms with Crippen molar-refractivity contribution in [1.29, 1.82) is 0 Å². The van der Waals surface area contributed by atoms with Gasteiger partial charge in [-0.05, 0) is 71.8 Å². The highest BCUT2D eigenvalue weighted by Gasteiger charge is 2.27. The molecular weight excluding hydrogens is 716 g/mol. The van der Waals surface area contributed by atoms with Gasteiger partial charge in [-0.2, -0.15) is 21.4 Å². The van der Waals surface area contributed by atoms with E-state index in [0.717, 1.165) is 46.8 Å². The van der Waals surface area contributed by atoms with Crippen molar-refractivity contribution in [3.8, 4) is 10.4 Å². The molecule has 2 aromatic heterocycles. The highest BCUT2D eigenvalue weighted by atomic mass is 35.5. The minimum atomic E-state index is -4.11. The van der Waals surface area contributed by atoms with E-state index in [1.54, 1.807) is 34.4 Å². The fourth-order valence-corrected chi connectivity index (χ4v) is 10.0. The molecule has 0 spiro atoms. The first-order valence-corrected chi connectivity index (χ1v) is 20.9. The molecular formula is C33H32ClN2O6S5+. The smallest absolute Gasteiger partial charge is 0.265 e. The van der Waals surface area contributed by atoms with Crippen LogP contribution in [0.2, 0.25) is 5.02 Å². The molecule has 14 heteroatoms. The fourth-order valence-electron chi connectivity index (χ4n) is 5.50. The van der Waals surface area contributed by atoms with Gasteiger partial charge in [-0.1, -0.05) is 65.9 Å². The standard InChI is InChI=1S/C33H31ClN2O6S5/c1-2-22(18-33-36(14-6-16-47(40,41)42)27-21-25(34)10-12-30(27)45-33)17-32-35(13-5-15-46(37,38)39)26-19-24(9-11-29(26)44-32)31-20-23-7-3-4-8-28(23)43-31/h3-4,7-12,17-21H,2,5-6,13-16H2,1H3,(H-,37,38,39,40,41,42)/p+1. The predicted octanol–water partition coefficient (Wildman–Crippen LogP) is 8.53. The van der Waals surface area contributed by atoms with Crippen molar-refractivity contribution in [3.63, 3.8) is 0 Å². The normalized spacial score (nSPS) is 14.9. The molecule has 8 nitrogen and oxygen atoms in total. The molecule has 2 N–H and O–H groups in total. The van der Waals surface area contributed by atoms with E-state index in [4.69, 9.17) is 11.6 Å². The predicted molar refractivity (Wildman–Crippen MR) is 196 cm³/mol. The number of rotatable bonds is 12. The Morgan fingerprint density at radius 3 is 2.43 bits per heavy atom. The maximum absolute atomic E-state index is 11.6. The van der Waals surface area contributed by atoms with Gasteiger partial charge >= 0.3 is 0 Å². The molecule has 0 aliphatic carbocycles. The molecule has 5 aromatic rings. The number of fused-ring (bicyclic) bond motifs is 3. The van der Waals surface area contributed by atoms with Crippen LogP contribution < -0.4 is 9.47 Å². The molecule has 246 valence electrons. The summed E-state index contributed by atoms with van der Waals surface area (Å²) < 4.78 is 69.2. The molecule has 0 atom stereocenters. The third kappa shape index (κ3) is 8.28. The molecule has 0 saturated carbocycles. The van der Waals surface area contributed by atoms with Gasteiger partial charge in [-0.25, -0.2) is 0 Å². The van der Waals surface area contributed by atoms with Gasteiger partial charge in [0.2, 0.25) is 5.52 Å². The number of aryl methyl sites for hydroxylation is 1. The molecule has 3 heterocycles. The van der Waals surface area contributed by atoms with Crippen LogP contribution >= 0.6 is 46.0 Å². The maximum atomic E-state index is 11.6. The van der Waals surface area contributed by atoms with Crippen molar-refractivity contribution < 1.29 is 30.5 Å². The molecule has 1 aliphatic heterocycles. The van der Waals surface area contributed by atoms with E-state index in [0.29, 0.717) is 24.5 Å². The van der Waals surface area contributed by atoms with E-state index in [1.807, 2.05) is 35.2 Å². The number of halogens is 1. The molecule has 0 saturated heterocycles. The Balaban J connectivity index is 1.39. The molecule has 0 fully saturated rings. The average Bonchev–Trinajstić information content (AvgIpc) is 3.69. The van der Waals surface area contributed by atoms with Crippen LogP contribution in [-0.4, -0.2) is 44.0 Å². The summed E-state index contributed by atoms with van der Waals surface area (Å²) in [5.74, 6) is -0.681. The summed E-state index contributed by atoms with van der Waals surface area (Å²) in [6.45, 7) is 2.84. The third-order valence-corrected chi connectivity index (χ3v) is 13.0. The molecule has 3 aromatic carbocycles. The van der Waals surface area contributed by atoms with Crippen molar-refractivity contribution in [2.24, 2.45) is 0 Å². The first-order valence-electron chi connectivity index (χ1n) is 14.9. The second-order valence-electron chi connectivity index (χ2n) is 11.1. The van der Waals surface area contributed by atoms with Crippen molar-refractivity contribution >= 4 is 98.3 Å². The monoisotopic (exact) mass is 747 g/mol. The highest BCUT2D eigenvalue weighted by molar-refractivity contribution is 8.03. The number of anilines is 1. The van der Waals surface area contributed by atoms with Gasteiger partial charge in [-0.3, -0.25) is 9.11 Å². The number of thiophene rings is 1. The molecule has 1 aliphatic rings. The Morgan fingerprint density at radius 1 is 0.915 bits per heavy atom. The SMILES string of the molecule is CCC(/C=C1\Sc2ccc(Cl)cc2N1CCCS(=O)(=O)O)=C\c1sc2ccc(-c3cc4ccccc4s3)cc2[n+]1CCCS(=O)(=O)O. The van der Waals surface area contributed by atoms with Crippen molar-refractivity contribution in [2.75, 3.05) is 23.0 Å². The zero-order chi connectivity index (χ0) is 33.3. The van der Waals surface area contributed by atoms with Crippen LogP contribution in [0.25, 0.3) is 36.8 Å². The maximum Gasteiger partial charge on any atom is 0.265 e. The second kappa shape index (κ2) is 14.0. The molecule has 6 rings (SSSR count). The lowest BCUT2D eigenvalue weighted by Gasteiger charge is -2.20. The molecule has 0 bridgehead atoms. The summed E-state index contributed by atoms with van der Waals surface area (Å²) in [5.41, 5.74) is 3.97. The summed E-state index contributed by atoms with van der Waals surface area (Å²) in [7, 11) is -8.20. The Labute approximate surface area is 291 Å². The van der Waals surface area contributed by atoms with Gasteiger partial charge in [0, 0.05) is 44.6 Å². The van der Waals surface area contributed by atoms with Gasteiger partial charge in [0.25, 0.3) is 25.2 Å². The molecule has 0 amide bonds. The summed E-state index contributed by atoms with van der Waals surface area (Å²) in [5, 5.41) is 3.61. The molecule has 47 heavy (non-hydrogen) atoms. The number of hydrogen-bond donors (Lipinski definition) is 2. The summed E-state index contributed by atoms with van der Waals surface area (Å²) in [6, 6.07) is 22.4. The van der Waals surface area contributed by atoms with Gasteiger partial charge in [0.15, 0.2) is 6.54 Å². The van der Waals surface area contributed by atoms with Crippen LogP contribution in [0.3, 0.4) is 0 Å². The Hall–Kier alpha value is -2.75. The quantitative estimate of drug-likeness (QED) is 0.0965.